The molecule has 0 spiro atoms. The van der Waals surface area contributed by atoms with Crippen molar-refractivity contribution in [2.24, 2.45) is 4.99 Å². The van der Waals surface area contributed by atoms with Crippen LogP contribution in [0.1, 0.15) is 5.56 Å². The Labute approximate surface area is 148 Å². The molecule has 0 aliphatic carbocycles. The maximum Gasteiger partial charge on any atom is 0.264 e. The average molecular weight is 358 g/mol. The molecule has 1 saturated heterocycles. The lowest BCUT2D eigenvalue weighted by atomic mass is 10.1. The number of carbonyl (C=O) groups is 1. The number of amidine groups is 1. The van der Waals surface area contributed by atoms with Gasteiger partial charge in [-0.3, -0.25) is 4.79 Å². The van der Waals surface area contributed by atoms with Crippen LogP contribution < -0.4 is 14.8 Å². The zero-order valence-electron chi connectivity index (χ0n) is 13.6. The molecule has 0 atom stereocenters. The van der Waals surface area contributed by atoms with E-state index >= 15 is 0 Å². The van der Waals surface area contributed by atoms with Crippen molar-refractivity contribution in [1.29, 1.82) is 0 Å². The second-order valence-corrected chi connectivity index (χ2v) is 6.07. The van der Waals surface area contributed by atoms with Gasteiger partial charge < -0.3 is 14.8 Å². The van der Waals surface area contributed by atoms with Gasteiger partial charge >= 0.3 is 0 Å². The summed E-state index contributed by atoms with van der Waals surface area (Å²) in [5, 5.41) is 2.96. The molecule has 3 rings (SSSR count). The number of halogens is 1. The minimum Gasteiger partial charge on any atom is -0.497 e. The zero-order valence-corrected chi connectivity index (χ0v) is 14.4. The van der Waals surface area contributed by atoms with Crippen LogP contribution >= 0.6 is 11.8 Å². The maximum atomic E-state index is 13.7. The van der Waals surface area contributed by atoms with Crippen molar-refractivity contribution in [2.45, 2.75) is 0 Å². The van der Waals surface area contributed by atoms with Crippen LogP contribution in [0.15, 0.2) is 52.4 Å². The number of amides is 1. The third-order valence-corrected chi connectivity index (χ3v) is 4.36. The number of nitrogens with one attached hydrogen (secondary N) is 1. The van der Waals surface area contributed by atoms with Crippen LogP contribution in [0.4, 0.5) is 10.1 Å². The van der Waals surface area contributed by atoms with Crippen LogP contribution in [0.25, 0.3) is 6.08 Å². The fraction of sp³-hybridized carbons (Fsp3) is 0.111. The molecule has 0 saturated carbocycles. The topological polar surface area (TPSA) is 59.9 Å². The zero-order chi connectivity index (χ0) is 17.8. The molecule has 0 radical (unpaired) electrons. The Kier molecular flexibility index (Phi) is 5.04. The van der Waals surface area contributed by atoms with Crippen molar-refractivity contribution in [1.82, 2.24) is 5.32 Å². The fourth-order valence-corrected chi connectivity index (χ4v) is 3.05. The van der Waals surface area contributed by atoms with Crippen LogP contribution in [0.5, 0.6) is 11.5 Å². The highest BCUT2D eigenvalue weighted by molar-refractivity contribution is 8.18. The van der Waals surface area contributed by atoms with Gasteiger partial charge in [0.15, 0.2) is 5.17 Å². The SMILES string of the molecule is COc1ccc(OC)c(/C=C2\SC(=Nc3ccccc3F)NC2=O)c1. The minimum absolute atomic E-state index is 0.172. The van der Waals surface area contributed by atoms with Gasteiger partial charge in [-0.15, -0.1) is 0 Å². The van der Waals surface area contributed by atoms with Gasteiger partial charge in [-0.2, -0.15) is 0 Å². The largest absolute Gasteiger partial charge is 0.497 e. The summed E-state index contributed by atoms with van der Waals surface area (Å²) in [6.45, 7) is 0. The van der Waals surface area contributed by atoms with E-state index < -0.39 is 5.82 Å². The van der Waals surface area contributed by atoms with E-state index in [0.29, 0.717) is 27.1 Å². The van der Waals surface area contributed by atoms with E-state index in [-0.39, 0.29) is 11.6 Å². The van der Waals surface area contributed by atoms with Gasteiger partial charge in [0.05, 0.1) is 19.1 Å². The van der Waals surface area contributed by atoms with E-state index in [1.165, 1.54) is 6.07 Å². The lowest BCUT2D eigenvalue weighted by Crippen LogP contribution is -2.19. The molecule has 2 aromatic rings. The number of thioether (sulfide) groups is 1. The number of aliphatic imine (C=N–C) groups is 1. The molecule has 1 amide bonds. The van der Waals surface area contributed by atoms with Crippen molar-refractivity contribution in [2.75, 3.05) is 14.2 Å². The Morgan fingerprint density at radius 3 is 2.68 bits per heavy atom. The van der Waals surface area contributed by atoms with Crippen LogP contribution in [0.2, 0.25) is 0 Å². The highest BCUT2D eigenvalue weighted by Crippen LogP contribution is 2.32. The highest BCUT2D eigenvalue weighted by atomic mass is 32.2. The van der Waals surface area contributed by atoms with Gasteiger partial charge in [0.2, 0.25) is 0 Å². The second kappa shape index (κ2) is 7.40. The maximum absolute atomic E-state index is 13.7. The molecule has 128 valence electrons. The van der Waals surface area contributed by atoms with E-state index in [1.54, 1.807) is 56.7 Å². The summed E-state index contributed by atoms with van der Waals surface area (Å²) in [6.07, 6.45) is 1.69. The Bertz CT molecular complexity index is 880. The van der Waals surface area contributed by atoms with E-state index in [0.717, 1.165) is 11.8 Å². The number of methoxy groups -OCH3 is 2. The van der Waals surface area contributed by atoms with Gasteiger partial charge in [-0.05, 0) is 48.2 Å². The number of hydrogen-bond donors (Lipinski definition) is 1. The molecule has 25 heavy (non-hydrogen) atoms. The summed E-state index contributed by atoms with van der Waals surface area (Å²) in [6, 6.07) is 11.4. The molecule has 0 bridgehead atoms. The molecule has 0 aromatic heterocycles. The molecule has 1 fully saturated rings. The average Bonchev–Trinajstić information content (AvgIpc) is 2.96. The summed E-state index contributed by atoms with van der Waals surface area (Å²) in [7, 11) is 3.12. The van der Waals surface area contributed by atoms with Crippen LogP contribution in [0.3, 0.4) is 0 Å². The van der Waals surface area contributed by atoms with Gasteiger partial charge in [0.25, 0.3) is 5.91 Å². The van der Waals surface area contributed by atoms with E-state index in [4.69, 9.17) is 9.47 Å². The van der Waals surface area contributed by atoms with Gasteiger partial charge in [-0.1, -0.05) is 12.1 Å². The van der Waals surface area contributed by atoms with Gasteiger partial charge in [0.1, 0.15) is 23.0 Å². The van der Waals surface area contributed by atoms with Crippen LogP contribution in [-0.2, 0) is 4.79 Å². The first-order chi connectivity index (χ1) is 12.1. The number of ether oxygens (including phenoxy) is 2. The molecule has 1 aliphatic rings. The fourth-order valence-electron chi connectivity index (χ4n) is 2.23. The second-order valence-electron chi connectivity index (χ2n) is 5.04. The van der Waals surface area contributed by atoms with Crippen molar-refractivity contribution >= 4 is 34.6 Å². The Morgan fingerprint density at radius 1 is 1.16 bits per heavy atom. The molecule has 1 heterocycles. The summed E-state index contributed by atoms with van der Waals surface area (Å²) < 4.78 is 24.2. The van der Waals surface area contributed by atoms with Crippen LogP contribution in [0, 0.1) is 5.82 Å². The molecule has 5 nitrogen and oxygen atoms in total. The van der Waals surface area contributed by atoms with E-state index in [2.05, 4.69) is 10.3 Å². The molecule has 2 aromatic carbocycles. The molecule has 1 aliphatic heterocycles. The molecular formula is C18H15FN2O3S. The lowest BCUT2D eigenvalue weighted by molar-refractivity contribution is -0.115. The standard InChI is InChI=1S/C18H15FN2O3S/c1-23-12-7-8-15(24-2)11(9-12)10-16-17(22)21-18(25-16)20-14-6-4-3-5-13(14)19/h3-10H,1-2H3,(H,20,21,22)/b16-10-. The Balaban J connectivity index is 1.91. The number of carbonyl (C=O) groups excluding carboxylic acids is 1. The first-order valence-electron chi connectivity index (χ1n) is 7.37. The summed E-state index contributed by atoms with van der Waals surface area (Å²) in [4.78, 5) is 16.8. The number of benzene rings is 2. The van der Waals surface area contributed by atoms with Crippen LogP contribution in [-0.4, -0.2) is 25.3 Å². The van der Waals surface area contributed by atoms with Gasteiger partial charge in [-0.25, -0.2) is 9.38 Å². The van der Waals surface area contributed by atoms with E-state index in [1.807, 2.05) is 0 Å². The summed E-state index contributed by atoms with van der Waals surface area (Å²) in [5.74, 6) is 0.513. The molecular weight excluding hydrogens is 343 g/mol. The third-order valence-electron chi connectivity index (χ3n) is 3.45. The number of rotatable bonds is 4. The lowest BCUT2D eigenvalue weighted by Gasteiger charge is -2.07. The first kappa shape index (κ1) is 17.0. The first-order valence-corrected chi connectivity index (χ1v) is 8.18. The van der Waals surface area contributed by atoms with E-state index in [9.17, 15) is 9.18 Å². The number of hydrogen-bond acceptors (Lipinski definition) is 5. The number of para-hydroxylation sites is 1. The van der Waals surface area contributed by atoms with Crippen molar-refractivity contribution in [3.63, 3.8) is 0 Å². The third kappa shape index (κ3) is 3.83. The monoisotopic (exact) mass is 358 g/mol. The van der Waals surface area contributed by atoms with Gasteiger partial charge in [0, 0.05) is 5.56 Å². The normalized spacial score (nSPS) is 17.0. The predicted molar refractivity (Wildman–Crippen MR) is 96.8 cm³/mol. The quantitative estimate of drug-likeness (QED) is 0.846. The summed E-state index contributed by atoms with van der Waals surface area (Å²) >= 11 is 1.14. The van der Waals surface area contributed by atoms with Crippen molar-refractivity contribution in [3.05, 3.63) is 58.8 Å². The van der Waals surface area contributed by atoms with Crippen molar-refractivity contribution < 1.29 is 18.7 Å². The minimum atomic E-state index is -0.447. The molecule has 1 N–H and O–H groups in total. The number of nitrogens with zero attached hydrogens (tertiary/aromatic N) is 1. The predicted octanol–water partition coefficient (Wildman–Crippen LogP) is 3.73. The highest BCUT2D eigenvalue weighted by Gasteiger charge is 2.24. The Morgan fingerprint density at radius 2 is 1.96 bits per heavy atom. The Hall–Kier alpha value is -2.80. The van der Waals surface area contributed by atoms with Crippen molar-refractivity contribution in [3.8, 4) is 11.5 Å². The summed E-state index contributed by atoms with van der Waals surface area (Å²) in [5.41, 5.74) is 0.872. The molecule has 7 heteroatoms. The smallest absolute Gasteiger partial charge is 0.264 e. The molecule has 0 unspecified atom stereocenters.